The van der Waals surface area contributed by atoms with Crippen LogP contribution in [0.25, 0.3) is 10.9 Å². The Hall–Kier alpha value is -1.75. The fourth-order valence-corrected chi connectivity index (χ4v) is 1.47. The Morgan fingerprint density at radius 1 is 1.50 bits per heavy atom. The monoisotopic (exact) mass is 237 g/mol. The molecule has 0 spiro atoms. The maximum absolute atomic E-state index is 11.4. The number of carbonyl (C=O) groups is 1. The number of nitrogens with zero attached hydrogens (tertiary/aromatic N) is 3. The molecule has 0 aliphatic rings. The van der Waals surface area contributed by atoms with Gasteiger partial charge in [0.05, 0.1) is 18.3 Å². The molecule has 0 atom stereocenters. The van der Waals surface area contributed by atoms with E-state index in [9.17, 15) is 4.79 Å². The van der Waals surface area contributed by atoms with Crippen LogP contribution in [-0.2, 0) is 4.74 Å². The first-order valence-corrected chi connectivity index (χ1v) is 5.04. The SMILES string of the molecule is CCOC(=O)c1nc(Cl)c2ccncc2n1. The van der Waals surface area contributed by atoms with Gasteiger partial charge in [-0.25, -0.2) is 14.8 Å². The molecule has 0 unspecified atom stereocenters. The highest BCUT2D eigenvalue weighted by Gasteiger charge is 2.13. The van der Waals surface area contributed by atoms with Crippen LogP contribution in [-0.4, -0.2) is 27.5 Å². The molecule has 2 heterocycles. The van der Waals surface area contributed by atoms with E-state index >= 15 is 0 Å². The second-order valence-corrected chi connectivity index (χ2v) is 3.31. The van der Waals surface area contributed by atoms with Gasteiger partial charge in [-0.3, -0.25) is 4.98 Å². The van der Waals surface area contributed by atoms with Crippen molar-refractivity contribution in [1.82, 2.24) is 15.0 Å². The van der Waals surface area contributed by atoms with Crippen molar-refractivity contribution < 1.29 is 9.53 Å². The second kappa shape index (κ2) is 4.40. The van der Waals surface area contributed by atoms with Gasteiger partial charge < -0.3 is 4.74 Å². The molecule has 0 N–H and O–H groups in total. The number of carbonyl (C=O) groups excluding carboxylic acids is 1. The summed E-state index contributed by atoms with van der Waals surface area (Å²) in [6.45, 7) is 1.98. The molecular weight excluding hydrogens is 230 g/mol. The Morgan fingerprint density at radius 3 is 3.06 bits per heavy atom. The van der Waals surface area contributed by atoms with Crippen LogP contribution >= 0.6 is 11.6 Å². The third-order valence-corrected chi connectivity index (χ3v) is 2.20. The van der Waals surface area contributed by atoms with Crippen LogP contribution in [0.5, 0.6) is 0 Å². The standard InChI is InChI=1S/C10H8ClN3O2/c1-2-16-10(15)9-13-7-5-12-4-3-6(7)8(11)14-9/h3-5H,2H2,1H3. The predicted molar refractivity (Wildman–Crippen MR) is 58.3 cm³/mol. The third-order valence-electron chi connectivity index (χ3n) is 1.91. The molecule has 0 bridgehead atoms. The van der Waals surface area contributed by atoms with E-state index in [1.807, 2.05) is 0 Å². The maximum atomic E-state index is 11.4. The molecule has 0 aliphatic carbocycles. The smallest absolute Gasteiger partial charge is 0.376 e. The summed E-state index contributed by atoms with van der Waals surface area (Å²) in [7, 11) is 0. The molecule has 2 aromatic heterocycles. The summed E-state index contributed by atoms with van der Waals surface area (Å²) in [6.07, 6.45) is 3.10. The lowest BCUT2D eigenvalue weighted by Gasteiger charge is -2.03. The van der Waals surface area contributed by atoms with Gasteiger partial charge in [-0.05, 0) is 13.0 Å². The summed E-state index contributed by atoms with van der Waals surface area (Å²) in [4.78, 5) is 23.2. The van der Waals surface area contributed by atoms with Crippen molar-refractivity contribution in [2.45, 2.75) is 6.92 Å². The van der Waals surface area contributed by atoms with Gasteiger partial charge in [-0.2, -0.15) is 0 Å². The van der Waals surface area contributed by atoms with Crippen molar-refractivity contribution in [2.24, 2.45) is 0 Å². The number of ether oxygens (including phenoxy) is 1. The van der Waals surface area contributed by atoms with E-state index in [1.165, 1.54) is 6.20 Å². The molecule has 0 radical (unpaired) electrons. The molecule has 0 aromatic carbocycles. The normalized spacial score (nSPS) is 10.4. The van der Waals surface area contributed by atoms with E-state index in [2.05, 4.69) is 15.0 Å². The number of hydrogen-bond acceptors (Lipinski definition) is 5. The highest BCUT2D eigenvalue weighted by Crippen LogP contribution is 2.18. The van der Waals surface area contributed by atoms with Gasteiger partial charge in [0.1, 0.15) is 5.15 Å². The Kier molecular flexibility index (Phi) is 2.96. The first-order chi connectivity index (χ1) is 7.72. The largest absolute Gasteiger partial charge is 0.460 e. The molecule has 82 valence electrons. The average Bonchev–Trinajstić information content (AvgIpc) is 2.29. The number of pyridine rings is 1. The quantitative estimate of drug-likeness (QED) is 0.589. The molecule has 0 saturated heterocycles. The summed E-state index contributed by atoms with van der Waals surface area (Å²) in [5.41, 5.74) is 0.519. The number of hydrogen-bond donors (Lipinski definition) is 0. The van der Waals surface area contributed by atoms with E-state index in [4.69, 9.17) is 16.3 Å². The lowest BCUT2D eigenvalue weighted by Crippen LogP contribution is -2.10. The van der Waals surface area contributed by atoms with Gasteiger partial charge >= 0.3 is 5.97 Å². The van der Waals surface area contributed by atoms with Crippen molar-refractivity contribution in [2.75, 3.05) is 6.61 Å². The number of esters is 1. The fourth-order valence-electron chi connectivity index (χ4n) is 1.23. The van der Waals surface area contributed by atoms with Gasteiger partial charge in [-0.1, -0.05) is 11.6 Å². The fraction of sp³-hybridized carbons (Fsp3) is 0.200. The minimum absolute atomic E-state index is 0.0487. The maximum Gasteiger partial charge on any atom is 0.376 e. The summed E-state index contributed by atoms with van der Waals surface area (Å²) >= 11 is 5.92. The van der Waals surface area contributed by atoms with Crippen LogP contribution in [0.2, 0.25) is 5.15 Å². The van der Waals surface area contributed by atoms with Gasteiger partial charge in [0.2, 0.25) is 5.82 Å². The highest BCUT2D eigenvalue weighted by molar-refractivity contribution is 6.34. The third kappa shape index (κ3) is 1.94. The van der Waals surface area contributed by atoms with Gasteiger partial charge in [0.15, 0.2) is 0 Å². The Morgan fingerprint density at radius 2 is 2.31 bits per heavy atom. The van der Waals surface area contributed by atoms with E-state index in [0.29, 0.717) is 10.9 Å². The molecule has 16 heavy (non-hydrogen) atoms. The van der Waals surface area contributed by atoms with E-state index < -0.39 is 5.97 Å². The Labute approximate surface area is 96.4 Å². The number of halogens is 1. The Balaban J connectivity index is 2.53. The summed E-state index contributed by atoms with van der Waals surface area (Å²) in [5.74, 6) is -0.637. The topological polar surface area (TPSA) is 65.0 Å². The summed E-state index contributed by atoms with van der Waals surface area (Å²) in [6, 6.07) is 1.69. The zero-order chi connectivity index (χ0) is 11.5. The van der Waals surface area contributed by atoms with Gasteiger partial charge in [0.25, 0.3) is 0 Å². The van der Waals surface area contributed by atoms with Crippen LogP contribution in [0.3, 0.4) is 0 Å². The second-order valence-electron chi connectivity index (χ2n) is 2.95. The van der Waals surface area contributed by atoms with Crippen molar-refractivity contribution >= 4 is 28.5 Å². The van der Waals surface area contributed by atoms with E-state index in [0.717, 1.165) is 0 Å². The van der Waals surface area contributed by atoms with Crippen LogP contribution in [0.1, 0.15) is 17.5 Å². The zero-order valence-electron chi connectivity index (χ0n) is 8.48. The van der Waals surface area contributed by atoms with E-state index in [-0.39, 0.29) is 17.6 Å². The number of aromatic nitrogens is 3. The van der Waals surface area contributed by atoms with Gasteiger partial charge in [-0.15, -0.1) is 0 Å². The summed E-state index contributed by atoms with van der Waals surface area (Å²) in [5, 5.41) is 0.875. The molecule has 5 nitrogen and oxygen atoms in total. The lowest BCUT2D eigenvalue weighted by molar-refractivity contribution is 0.0512. The predicted octanol–water partition coefficient (Wildman–Crippen LogP) is 1.85. The van der Waals surface area contributed by atoms with E-state index in [1.54, 1.807) is 19.2 Å². The lowest BCUT2D eigenvalue weighted by atomic mass is 10.3. The van der Waals surface area contributed by atoms with Crippen molar-refractivity contribution in [3.05, 3.63) is 29.4 Å². The molecule has 0 amide bonds. The molecule has 0 aliphatic heterocycles. The molecule has 6 heteroatoms. The van der Waals surface area contributed by atoms with Gasteiger partial charge in [0, 0.05) is 11.6 Å². The minimum Gasteiger partial charge on any atom is -0.460 e. The summed E-state index contributed by atoms with van der Waals surface area (Å²) < 4.78 is 4.79. The van der Waals surface area contributed by atoms with Crippen molar-refractivity contribution in [3.8, 4) is 0 Å². The number of fused-ring (bicyclic) bond motifs is 1. The van der Waals surface area contributed by atoms with Crippen LogP contribution in [0.15, 0.2) is 18.5 Å². The first-order valence-electron chi connectivity index (χ1n) is 4.66. The molecule has 0 saturated carbocycles. The molecule has 0 fully saturated rings. The molecule has 2 aromatic rings. The number of rotatable bonds is 2. The van der Waals surface area contributed by atoms with Crippen molar-refractivity contribution in [1.29, 1.82) is 0 Å². The van der Waals surface area contributed by atoms with Crippen LogP contribution in [0.4, 0.5) is 0 Å². The van der Waals surface area contributed by atoms with Crippen LogP contribution < -0.4 is 0 Å². The van der Waals surface area contributed by atoms with Crippen LogP contribution in [0, 0.1) is 0 Å². The Bertz CT molecular complexity index is 545. The minimum atomic E-state index is -0.588. The first kappa shape index (κ1) is 10.8. The highest BCUT2D eigenvalue weighted by atomic mass is 35.5. The average molecular weight is 238 g/mol. The molecular formula is C10H8ClN3O2. The zero-order valence-corrected chi connectivity index (χ0v) is 9.23. The molecule has 2 rings (SSSR count). The van der Waals surface area contributed by atoms with Crippen molar-refractivity contribution in [3.63, 3.8) is 0 Å².